The number of anilines is 1. The Hall–Kier alpha value is -2.50. The Kier molecular flexibility index (Phi) is 6.24. The van der Waals surface area contributed by atoms with E-state index < -0.39 is 34.5 Å². The summed E-state index contributed by atoms with van der Waals surface area (Å²) in [5, 5.41) is 12.6. The first-order valence-corrected chi connectivity index (χ1v) is 11.3. The zero-order chi connectivity index (χ0) is 22.9. The molecule has 32 heavy (non-hydrogen) atoms. The van der Waals surface area contributed by atoms with Gasteiger partial charge in [-0.15, -0.1) is 0 Å². The Labute approximate surface area is 185 Å². The third kappa shape index (κ3) is 4.50. The Bertz CT molecular complexity index is 981. The summed E-state index contributed by atoms with van der Waals surface area (Å²) in [5.74, 6) is -0.229. The van der Waals surface area contributed by atoms with E-state index in [1.165, 1.54) is 28.7 Å². The van der Waals surface area contributed by atoms with Gasteiger partial charge < -0.3 is 19.7 Å². The molecule has 1 aliphatic carbocycles. The highest BCUT2D eigenvalue weighted by molar-refractivity contribution is 7.92. The molecule has 0 saturated heterocycles. The van der Waals surface area contributed by atoms with Gasteiger partial charge in [-0.2, -0.15) is 17.5 Å². The molecular formula is C21H22F3N3O4S. The maximum Gasteiger partial charge on any atom is 0.416 e. The van der Waals surface area contributed by atoms with E-state index >= 15 is 0 Å². The molecule has 172 valence electrons. The molecule has 2 aliphatic rings. The van der Waals surface area contributed by atoms with Crippen LogP contribution in [-0.4, -0.2) is 45.8 Å². The highest BCUT2D eigenvalue weighted by Gasteiger charge is 2.37. The lowest BCUT2D eigenvalue weighted by Crippen LogP contribution is -2.49. The maximum atomic E-state index is 13.1. The number of aromatic nitrogens is 1. The van der Waals surface area contributed by atoms with Crippen molar-refractivity contribution in [1.29, 1.82) is 0 Å². The number of hydrogen-bond donors (Lipinski definition) is 2. The molecule has 1 aliphatic heterocycles. The van der Waals surface area contributed by atoms with Crippen molar-refractivity contribution in [3.05, 3.63) is 47.7 Å². The number of nitrogens with one attached hydrogen (secondary N) is 1. The van der Waals surface area contributed by atoms with Crippen molar-refractivity contribution in [2.24, 2.45) is 0 Å². The van der Waals surface area contributed by atoms with Crippen LogP contribution < -0.4 is 14.4 Å². The average molecular weight is 469 g/mol. The van der Waals surface area contributed by atoms with Gasteiger partial charge in [0.1, 0.15) is 30.2 Å². The zero-order valence-corrected chi connectivity index (χ0v) is 17.8. The lowest BCUT2D eigenvalue weighted by molar-refractivity contribution is -0.137. The molecule has 1 atom stereocenters. The van der Waals surface area contributed by atoms with E-state index in [9.17, 15) is 27.6 Å². The van der Waals surface area contributed by atoms with Gasteiger partial charge in [0.25, 0.3) is 5.91 Å². The average Bonchev–Trinajstić information content (AvgIpc) is 3.26. The summed E-state index contributed by atoms with van der Waals surface area (Å²) in [4.78, 5) is 17.2. The van der Waals surface area contributed by atoms with Crippen LogP contribution >= 0.6 is 0 Å². The second-order valence-electron chi connectivity index (χ2n) is 7.87. The largest absolute Gasteiger partial charge is 0.588 e. The number of carbonyl (C=O) groups excluding carboxylic acids is 1. The van der Waals surface area contributed by atoms with E-state index in [0.717, 1.165) is 25.0 Å². The van der Waals surface area contributed by atoms with Crippen LogP contribution in [0.1, 0.15) is 41.6 Å². The summed E-state index contributed by atoms with van der Waals surface area (Å²) in [7, 11) is 0. The quantitative estimate of drug-likeness (QED) is 0.654. The van der Waals surface area contributed by atoms with Crippen LogP contribution in [0.25, 0.3) is 0 Å². The second-order valence-corrected chi connectivity index (χ2v) is 9.28. The molecule has 2 aromatic rings. The van der Waals surface area contributed by atoms with Gasteiger partial charge in [-0.05, 0) is 43.2 Å². The van der Waals surface area contributed by atoms with Crippen LogP contribution in [0.5, 0.6) is 5.88 Å². The number of aliphatic hydroxyl groups excluding tert-OH is 1. The monoisotopic (exact) mass is 469 g/mol. The summed E-state index contributed by atoms with van der Waals surface area (Å²) < 4.78 is 58.6. The van der Waals surface area contributed by atoms with Gasteiger partial charge in [-0.25, -0.2) is 4.98 Å². The molecule has 1 unspecified atom stereocenters. The number of nitrogens with zero attached hydrogens (tertiary/aromatic N) is 2. The van der Waals surface area contributed by atoms with Gasteiger partial charge in [-0.1, -0.05) is 12.8 Å². The minimum absolute atomic E-state index is 0.162. The molecule has 1 amide bonds. The predicted octanol–water partition coefficient (Wildman–Crippen LogP) is 3.06. The molecule has 1 aromatic heterocycles. The standard InChI is InChI=1S/C21H22F3N3O4S/c22-21(23,24)15-3-5-16(6-4-15)32(30)27-9-10-31-19-17(27)11-14(12-25-19)18(29)26-20(13-28)7-1-2-8-20/h3-6,11-12,28H,1-2,7-10,13H2,(H,26,29). The Balaban J connectivity index is 1.58. The number of alkyl halides is 3. The van der Waals surface area contributed by atoms with Gasteiger partial charge in [0, 0.05) is 6.20 Å². The molecule has 0 radical (unpaired) electrons. The molecule has 2 heterocycles. The Morgan fingerprint density at radius 1 is 1.28 bits per heavy atom. The van der Waals surface area contributed by atoms with Crippen molar-refractivity contribution in [1.82, 2.24) is 10.3 Å². The molecule has 7 nitrogen and oxygen atoms in total. The fourth-order valence-electron chi connectivity index (χ4n) is 3.95. The molecule has 1 fully saturated rings. The minimum Gasteiger partial charge on any atom is -0.588 e. The third-order valence-corrected chi connectivity index (χ3v) is 7.18. The fraction of sp³-hybridized carbons (Fsp3) is 0.429. The number of benzene rings is 1. The van der Waals surface area contributed by atoms with Crippen molar-refractivity contribution in [2.45, 2.75) is 42.3 Å². The van der Waals surface area contributed by atoms with Crippen LogP contribution in [0.4, 0.5) is 18.9 Å². The molecule has 11 heteroatoms. The van der Waals surface area contributed by atoms with Crippen LogP contribution in [-0.2, 0) is 17.5 Å². The lowest BCUT2D eigenvalue weighted by Gasteiger charge is -2.31. The number of aliphatic hydroxyl groups is 1. The van der Waals surface area contributed by atoms with E-state index in [1.54, 1.807) is 0 Å². The van der Waals surface area contributed by atoms with Gasteiger partial charge in [0.2, 0.25) is 5.88 Å². The predicted molar refractivity (Wildman–Crippen MR) is 111 cm³/mol. The first kappa shape index (κ1) is 22.7. The van der Waals surface area contributed by atoms with Crippen LogP contribution in [0, 0.1) is 0 Å². The van der Waals surface area contributed by atoms with Crippen LogP contribution in [0.15, 0.2) is 41.4 Å². The number of halogens is 3. The summed E-state index contributed by atoms with van der Waals surface area (Å²) in [5.41, 5.74) is -0.965. The van der Waals surface area contributed by atoms with Gasteiger partial charge in [0.15, 0.2) is 4.90 Å². The van der Waals surface area contributed by atoms with Crippen molar-refractivity contribution in [3.63, 3.8) is 0 Å². The van der Waals surface area contributed by atoms with E-state index in [0.29, 0.717) is 18.5 Å². The van der Waals surface area contributed by atoms with E-state index in [2.05, 4.69) is 10.3 Å². The number of hydrogen-bond acceptors (Lipinski definition) is 6. The number of rotatable bonds is 5. The van der Waals surface area contributed by atoms with E-state index in [4.69, 9.17) is 4.74 Å². The zero-order valence-electron chi connectivity index (χ0n) is 17.0. The number of carbonyl (C=O) groups is 1. The highest BCUT2D eigenvalue weighted by Crippen LogP contribution is 2.36. The van der Waals surface area contributed by atoms with E-state index in [-0.39, 0.29) is 36.1 Å². The van der Waals surface area contributed by atoms with E-state index in [1.807, 2.05) is 0 Å². The first-order chi connectivity index (χ1) is 15.2. The van der Waals surface area contributed by atoms with Gasteiger partial charge >= 0.3 is 6.18 Å². The number of ether oxygens (including phenoxy) is 1. The number of amides is 1. The summed E-state index contributed by atoms with van der Waals surface area (Å²) >= 11 is -1.83. The van der Waals surface area contributed by atoms with Crippen molar-refractivity contribution in [2.75, 3.05) is 24.1 Å². The molecular weight excluding hydrogens is 447 g/mol. The third-order valence-electron chi connectivity index (χ3n) is 5.72. The fourth-order valence-corrected chi connectivity index (χ4v) is 5.12. The summed E-state index contributed by atoms with van der Waals surface area (Å²) in [6.45, 7) is 0.226. The Morgan fingerprint density at radius 2 is 1.97 bits per heavy atom. The number of pyridine rings is 1. The SMILES string of the molecule is O=C(NC1(CO)CCCC1)c1cnc2c(c1)N([S+]([O-])c1ccc(C(F)(F)F)cc1)CCO2. The van der Waals surface area contributed by atoms with Gasteiger partial charge in [-0.3, -0.25) is 4.79 Å². The molecule has 2 N–H and O–H groups in total. The summed E-state index contributed by atoms with van der Waals surface area (Å²) in [6, 6.07) is 5.60. The molecule has 0 spiro atoms. The maximum absolute atomic E-state index is 13.1. The first-order valence-electron chi connectivity index (χ1n) is 10.2. The van der Waals surface area contributed by atoms with Crippen molar-refractivity contribution >= 4 is 23.0 Å². The molecule has 4 rings (SSSR count). The van der Waals surface area contributed by atoms with Crippen LogP contribution in [0.2, 0.25) is 0 Å². The van der Waals surface area contributed by atoms with Crippen molar-refractivity contribution < 1.29 is 32.4 Å². The number of fused-ring (bicyclic) bond motifs is 1. The smallest absolute Gasteiger partial charge is 0.416 e. The normalized spacial score (nSPS) is 18.6. The second kappa shape index (κ2) is 8.80. The van der Waals surface area contributed by atoms with Crippen molar-refractivity contribution in [3.8, 4) is 5.88 Å². The topological polar surface area (TPSA) is 97.8 Å². The minimum atomic E-state index is -4.48. The summed E-state index contributed by atoms with van der Waals surface area (Å²) in [6.07, 6.45) is 0.0529. The van der Waals surface area contributed by atoms with Crippen LogP contribution in [0.3, 0.4) is 0 Å². The Morgan fingerprint density at radius 3 is 2.59 bits per heavy atom. The highest BCUT2D eigenvalue weighted by atomic mass is 32.2. The molecule has 1 aromatic carbocycles. The molecule has 1 saturated carbocycles. The lowest BCUT2D eigenvalue weighted by atomic mass is 9.98. The van der Waals surface area contributed by atoms with Gasteiger partial charge in [0.05, 0.1) is 23.3 Å². The molecule has 0 bridgehead atoms.